The summed E-state index contributed by atoms with van der Waals surface area (Å²) < 4.78 is 5.95. The Hall–Kier alpha value is -2.37. The van der Waals surface area contributed by atoms with Crippen LogP contribution in [0, 0.1) is 6.92 Å². The maximum Gasteiger partial charge on any atom is 0.187 e. The van der Waals surface area contributed by atoms with Gasteiger partial charge in [-0.1, -0.05) is 13.8 Å². The molecule has 0 saturated carbocycles. The van der Waals surface area contributed by atoms with Gasteiger partial charge in [-0.2, -0.15) is 0 Å². The third-order valence-electron chi connectivity index (χ3n) is 3.08. The van der Waals surface area contributed by atoms with E-state index < -0.39 is 0 Å². The lowest BCUT2D eigenvalue weighted by atomic mass is 10.0. The van der Waals surface area contributed by atoms with Gasteiger partial charge in [-0.3, -0.25) is 0 Å². The van der Waals surface area contributed by atoms with Crippen molar-refractivity contribution in [2.24, 2.45) is 0 Å². The van der Waals surface area contributed by atoms with Crippen molar-refractivity contribution in [2.45, 2.75) is 46.6 Å². The molecule has 0 aliphatic carbocycles. The van der Waals surface area contributed by atoms with Crippen LogP contribution in [0.3, 0.4) is 0 Å². The van der Waals surface area contributed by atoms with Gasteiger partial charge in [0.05, 0.1) is 6.20 Å². The number of ether oxygens (including phenoxy) is 1. The van der Waals surface area contributed by atoms with Crippen molar-refractivity contribution in [2.75, 3.05) is 11.1 Å². The minimum absolute atomic E-state index is 0.281. The Morgan fingerprint density at radius 1 is 1.09 bits per heavy atom. The molecule has 2 rings (SSSR count). The summed E-state index contributed by atoms with van der Waals surface area (Å²) in [6.45, 7) is 10.1. The summed E-state index contributed by atoms with van der Waals surface area (Å²) >= 11 is 0. The topological polar surface area (TPSA) is 86.0 Å². The van der Waals surface area contributed by atoms with Gasteiger partial charge in [0.25, 0.3) is 0 Å². The first kappa shape index (κ1) is 16.0. The molecule has 118 valence electrons. The Balaban J connectivity index is 2.37. The first-order chi connectivity index (χ1) is 10.4. The summed E-state index contributed by atoms with van der Waals surface area (Å²) in [7, 11) is 0. The number of anilines is 2. The Morgan fingerprint density at radius 3 is 2.41 bits per heavy atom. The standard InChI is InChI=1S/C16H23N5O/c1-9(2)12-7-19-15(20-10(3)4)6-13(12)22-14-8-18-11(5)21-16(14)17/h6-10H,1-5H3,(H,19,20)(H2,17,18,21). The van der Waals surface area contributed by atoms with Crippen molar-refractivity contribution < 1.29 is 4.74 Å². The molecule has 0 aliphatic heterocycles. The van der Waals surface area contributed by atoms with E-state index in [-0.39, 0.29) is 12.0 Å². The van der Waals surface area contributed by atoms with Gasteiger partial charge in [0.2, 0.25) is 0 Å². The number of hydrogen-bond acceptors (Lipinski definition) is 6. The molecule has 6 nitrogen and oxygen atoms in total. The molecule has 0 saturated heterocycles. The largest absolute Gasteiger partial charge is 0.451 e. The summed E-state index contributed by atoms with van der Waals surface area (Å²) in [5.41, 5.74) is 6.92. The van der Waals surface area contributed by atoms with Crippen LogP contribution in [0.25, 0.3) is 0 Å². The van der Waals surface area contributed by atoms with Crippen LogP contribution in [0.15, 0.2) is 18.5 Å². The molecule has 0 spiro atoms. The average molecular weight is 301 g/mol. The molecular weight excluding hydrogens is 278 g/mol. The fourth-order valence-corrected chi connectivity index (χ4v) is 2.02. The lowest BCUT2D eigenvalue weighted by molar-refractivity contribution is 0.469. The molecule has 0 bridgehead atoms. The summed E-state index contributed by atoms with van der Waals surface area (Å²) in [5.74, 6) is 3.16. The first-order valence-corrected chi connectivity index (χ1v) is 7.40. The summed E-state index contributed by atoms with van der Waals surface area (Å²) in [5, 5.41) is 3.27. The highest BCUT2D eigenvalue weighted by molar-refractivity contribution is 5.51. The normalized spacial score (nSPS) is 11.0. The van der Waals surface area contributed by atoms with Gasteiger partial charge < -0.3 is 15.8 Å². The molecule has 3 N–H and O–H groups in total. The molecule has 0 atom stereocenters. The van der Waals surface area contributed by atoms with E-state index in [1.165, 1.54) is 0 Å². The number of aryl methyl sites for hydroxylation is 1. The van der Waals surface area contributed by atoms with Crippen molar-refractivity contribution in [3.8, 4) is 11.5 Å². The van der Waals surface area contributed by atoms with Crippen LogP contribution in [0.1, 0.15) is 45.0 Å². The zero-order chi connectivity index (χ0) is 16.3. The SMILES string of the molecule is Cc1ncc(Oc2cc(NC(C)C)ncc2C(C)C)c(N)n1. The number of pyridine rings is 1. The lowest BCUT2D eigenvalue weighted by Gasteiger charge is -2.16. The fraction of sp³-hybridized carbons (Fsp3) is 0.438. The van der Waals surface area contributed by atoms with E-state index in [1.807, 2.05) is 12.3 Å². The number of rotatable bonds is 5. The average Bonchev–Trinajstić information content (AvgIpc) is 2.41. The van der Waals surface area contributed by atoms with E-state index in [9.17, 15) is 0 Å². The second-order valence-electron chi connectivity index (χ2n) is 5.83. The molecule has 22 heavy (non-hydrogen) atoms. The number of nitrogens with zero attached hydrogens (tertiary/aromatic N) is 3. The number of nitrogens with one attached hydrogen (secondary N) is 1. The van der Waals surface area contributed by atoms with Crippen LogP contribution in [-0.4, -0.2) is 21.0 Å². The van der Waals surface area contributed by atoms with E-state index in [1.54, 1.807) is 13.1 Å². The Kier molecular flexibility index (Phi) is 4.80. The summed E-state index contributed by atoms with van der Waals surface area (Å²) in [6.07, 6.45) is 3.42. The monoisotopic (exact) mass is 301 g/mol. The maximum atomic E-state index is 5.95. The number of nitrogens with two attached hydrogens (primary N) is 1. The molecule has 0 radical (unpaired) electrons. The minimum atomic E-state index is 0.281. The number of nitrogen functional groups attached to an aromatic ring is 1. The molecule has 0 amide bonds. The van der Waals surface area contributed by atoms with Gasteiger partial charge in [0, 0.05) is 23.9 Å². The Morgan fingerprint density at radius 2 is 1.82 bits per heavy atom. The minimum Gasteiger partial charge on any atom is -0.451 e. The van der Waals surface area contributed by atoms with Gasteiger partial charge in [-0.25, -0.2) is 15.0 Å². The quantitative estimate of drug-likeness (QED) is 0.879. The van der Waals surface area contributed by atoms with Crippen molar-refractivity contribution in [1.82, 2.24) is 15.0 Å². The molecule has 2 aromatic heterocycles. The third-order valence-corrected chi connectivity index (χ3v) is 3.08. The van der Waals surface area contributed by atoms with Crippen LogP contribution in [0.5, 0.6) is 11.5 Å². The third kappa shape index (κ3) is 3.84. The van der Waals surface area contributed by atoms with E-state index in [0.717, 1.165) is 11.4 Å². The van der Waals surface area contributed by atoms with Crippen molar-refractivity contribution in [3.63, 3.8) is 0 Å². The molecule has 0 unspecified atom stereocenters. The molecule has 0 aliphatic rings. The van der Waals surface area contributed by atoms with Crippen LogP contribution >= 0.6 is 0 Å². The maximum absolute atomic E-state index is 5.95. The molecular formula is C16H23N5O. The summed E-state index contributed by atoms with van der Waals surface area (Å²) in [6, 6.07) is 2.17. The molecule has 6 heteroatoms. The predicted molar refractivity (Wildman–Crippen MR) is 88.3 cm³/mol. The van der Waals surface area contributed by atoms with E-state index >= 15 is 0 Å². The highest BCUT2D eigenvalue weighted by atomic mass is 16.5. The highest BCUT2D eigenvalue weighted by Crippen LogP contribution is 2.33. The van der Waals surface area contributed by atoms with Gasteiger partial charge in [-0.05, 0) is 26.7 Å². The van der Waals surface area contributed by atoms with Crippen LogP contribution in [-0.2, 0) is 0 Å². The van der Waals surface area contributed by atoms with Crippen LogP contribution in [0.4, 0.5) is 11.6 Å². The lowest BCUT2D eigenvalue weighted by Crippen LogP contribution is -2.11. The zero-order valence-electron chi connectivity index (χ0n) is 13.7. The van der Waals surface area contributed by atoms with Gasteiger partial charge in [0.1, 0.15) is 17.4 Å². The van der Waals surface area contributed by atoms with E-state index in [4.69, 9.17) is 10.5 Å². The van der Waals surface area contributed by atoms with Crippen LogP contribution < -0.4 is 15.8 Å². The predicted octanol–water partition coefficient (Wildman–Crippen LogP) is 3.50. The number of hydrogen-bond donors (Lipinski definition) is 2. The van der Waals surface area contributed by atoms with E-state index in [2.05, 4.69) is 48.0 Å². The molecule has 2 heterocycles. The molecule has 0 fully saturated rings. The fourth-order valence-electron chi connectivity index (χ4n) is 2.02. The van der Waals surface area contributed by atoms with Crippen molar-refractivity contribution >= 4 is 11.6 Å². The number of aromatic nitrogens is 3. The highest BCUT2D eigenvalue weighted by Gasteiger charge is 2.13. The Bertz CT molecular complexity index is 655. The Labute approximate surface area is 131 Å². The van der Waals surface area contributed by atoms with E-state index in [0.29, 0.717) is 23.1 Å². The van der Waals surface area contributed by atoms with Crippen molar-refractivity contribution in [3.05, 3.63) is 29.8 Å². The molecule has 2 aromatic rings. The first-order valence-electron chi connectivity index (χ1n) is 7.40. The van der Waals surface area contributed by atoms with Gasteiger partial charge >= 0.3 is 0 Å². The van der Waals surface area contributed by atoms with Crippen molar-refractivity contribution in [1.29, 1.82) is 0 Å². The molecule has 0 aromatic carbocycles. The van der Waals surface area contributed by atoms with Gasteiger partial charge in [0.15, 0.2) is 11.6 Å². The zero-order valence-corrected chi connectivity index (χ0v) is 13.7. The summed E-state index contributed by atoms with van der Waals surface area (Å²) in [4.78, 5) is 12.7. The van der Waals surface area contributed by atoms with Crippen LogP contribution in [0.2, 0.25) is 0 Å². The van der Waals surface area contributed by atoms with Gasteiger partial charge in [-0.15, -0.1) is 0 Å². The smallest absolute Gasteiger partial charge is 0.187 e. The second kappa shape index (κ2) is 6.60. The second-order valence-corrected chi connectivity index (χ2v) is 5.83.